The first kappa shape index (κ1) is 16.8. The number of rotatable bonds is 8. The normalized spacial score (nSPS) is 13.4. The van der Waals surface area contributed by atoms with Crippen LogP contribution in [-0.2, 0) is 16.3 Å². The van der Waals surface area contributed by atoms with E-state index >= 15 is 0 Å². The average molecular weight is 323 g/mol. The minimum absolute atomic E-state index is 0.211. The van der Waals surface area contributed by atoms with Gasteiger partial charge in [-0.1, -0.05) is 36.7 Å². The highest BCUT2D eigenvalue weighted by atomic mass is 35.5. The quantitative estimate of drug-likeness (QED) is 0.679. The van der Waals surface area contributed by atoms with Gasteiger partial charge in [-0.15, -0.1) is 11.6 Å². The maximum absolute atomic E-state index is 11.4. The molecule has 0 aliphatic heterocycles. The zero-order chi connectivity index (χ0) is 14.3. The molecule has 19 heavy (non-hydrogen) atoms. The molecule has 1 rings (SSSR count). The lowest BCUT2D eigenvalue weighted by Gasteiger charge is -2.14. The molecule has 1 atom stereocenters. The van der Waals surface area contributed by atoms with Gasteiger partial charge in [-0.05, 0) is 36.8 Å². The Labute approximate surface area is 126 Å². The van der Waals surface area contributed by atoms with Gasteiger partial charge in [-0.2, -0.15) is 0 Å². The molecule has 0 saturated carbocycles. The molecule has 1 aromatic carbocycles. The van der Waals surface area contributed by atoms with Gasteiger partial charge in [0, 0.05) is 16.7 Å². The van der Waals surface area contributed by atoms with E-state index in [9.17, 15) is 8.42 Å². The first-order valence-corrected chi connectivity index (χ1v) is 9.21. The summed E-state index contributed by atoms with van der Waals surface area (Å²) in [5, 5.41) is 0.749. The fourth-order valence-corrected chi connectivity index (χ4v) is 3.32. The van der Waals surface area contributed by atoms with Crippen molar-refractivity contribution >= 4 is 33.0 Å². The molecule has 0 amide bonds. The molecule has 0 heterocycles. The SMILES string of the molecule is CCS(=O)(=O)CCCC(CCl)Cc1ccccc1Cl. The third kappa shape index (κ3) is 6.15. The molecule has 0 bridgehead atoms. The van der Waals surface area contributed by atoms with E-state index < -0.39 is 9.84 Å². The third-order valence-electron chi connectivity index (χ3n) is 3.19. The summed E-state index contributed by atoms with van der Waals surface area (Å²) in [6.07, 6.45) is 2.28. The molecule has 5 heteroatoms. The third-order valence-corrected chi connectivity index (χ3v) is 5.79. The number of sulfone groups is 1. The van der Waals surface area contributed by atoms with Gasteiger partial charge in [-0.3, -0.25) is 0 Å². The second-order valence-electron chi connectivity index (χ2n) is 4.69. The van der Waals surface area contributed by atoms with Gasteiger partial charge in [0.2, 0.25) is 0 Å². The Bertz CT molecular complexity index is 486. The van der Waals surface area contributed by atoms with Crippen molar-refractivity contribution < 1.29 is 8.42 Å². The molecule has 0 saturated heterocycles. The lowest BCUT2D eigenvalue weighted by molar-refractivity contribution is 0.523. The number of hydrogen-bond donors (Lipinski definition) is 0. The Hall–Kier alpha value is -0.250. The van der Waals surface area contributed by atoms with E-state index in [1.165, 1.54) is 0 Å². The largest absolute Gasteiger partial charge is 0.229 e. The van der Waals surface area contributed by atoms with Crippen molar-refractivity contribution in [2.75, 3.05) is 17.4 Å². The van der Waals surface area contributed by atoms with E-state index in [0.29, 0.717) is 12.3 Å². The zero-order valence-corrected chi connectivity index (χ0v) is 13.4. The van der Waals surface area contributed by atoms with Crippen LogP contribution < -0.4 is 0 Å². The standard InChI is InChI=1S/C14H20Cl2O2S/c1-2-19(17,18)9-5-6-12(11-15)10-13-7-3-4-8-14(13)16/h3-4,7-8,12H,2,5-6,9-11H2,1H3. The molecule has 0 aromatic heterocycles. The number of hydrogen-bond acceptors (Lipinski definition) is 2. The van der Waals surface area contributed by atoms with Crippen LogP contribution in [0.2, 0.25) is 5.02 Å². The molecule has 0 aliphatic carbocycles. The lowest BCUT2D eigenvalue weighted by atomic mass is 9.97. The van der Waals surface area contributed by atoms with Crippen molar-refractivity contribution in [3.8, 4) is 0 Å². The highest BCUT2D eigenvalue weighted by Crippen LogP contribution is 2.22. The minimum atomic E-state index is -2.87. The first-order chi connectivity index (χ1) is 8.98. The number of halogens is 2. The van der Waals surface area contributed by atoms with Crippen molar-refractivity contribution in [3.63, 3.8) is 0 Å². The number of benzene rings is 1. The molecule has 0 N–H and O–H groups in total. The van der Waals surface area contributed by atoms with E-state index in [4.69, 9.17) is 23.2 Å². The van der Waals surface area contributed by atoms with E-state index in [2.05, 4.69) is 0 Å². The van der Waals surface area contributed by atoms with Gasteiger partial charge in [0.15, 0.2) is 0 Å². The van der Waals surface area contributed by atoms with Crippen molar-refractivity contribution in [2.45, 2.75) is 26.2 Å². The van der Waals surface area contributed by atoms with Gasteiger partial charge in [0.05, 0.1) is 5.75 Å². The van der Waals surface area contributed by atoms with Crippen LogP contribution in [-0.4, -0.2) is 25.8 Å². The van der Waals surface area contributed by atoms with Gasteiger partial charge < -0.3 is 0 Å². The summed E-state index contributed by atoms with van der Waals surface area (Å²) in [6.45, 7) is 1.68. The van der Waals surface area contributed by atoms with E-state index in [-0.39, 0.29) is 17.4 Å². The molecule has 0 aliphatic rings. The monoisotopic (exact) mass is 322 g/mol. The highest BCUT2D eigenvalue weighted by Gasteiger charge is 2.13. The molecule has 0 radical (unpaired) electrons. The number of alkyl halides is 1. The van der Waals surface area contributed by atoms with Crippen LogP contribution in [0, 0.1) is 5.92 Å². The molecule has 0 fully saturated rings. The Morgan fingerprint density at radius 1 is 1.26 bits per heavy atom. The molecule has 1 aromatic rings. The van der Waals surface area contributed by atoms with Crippen molar-refractivity contribution in [2.24, 2.45) is 5.92 Å². The maximum Gasteiger partial charge on any atom is 0.150 e. The summed E-state index contributed by atoms with van der Waals surface area (Å²) < 4.78 is 22.9. The average Bonchev–Trinajstić information content (AvgIpc) is 2.39. The topological polar surface area (TPSA) is 34.1 Å². The van der Waals surface area contributed by atoms with Crippen molar-refractivity contribution in [1.82, 2.24) is 0 Å². The van der Waals surface area contributed by atoms with Gasteiger partial charge in [-0.25, -0.2) is 8.42 Å². The second kappa shape index (κ2) is 8.13. The Morgan fingerprint density at radius 3 is 2.53 bits per heavy atom. The van der Waals surface area contributed by atoms with Crippen LogP contribution in [0.25, 0.3) is 0 Å². The summed E-state index contributed by atoms with van der Waals surface area (Å²) in [6, 6.07) is 7.71. The van der Waals surface area contributed by atoms with Crippen LogP contribution in [0.15, 0.2) is 24.3 Å². The van der Waals surface area contributed by atoms with Crippen molar-refractivity contribution in [3.05, 3.63) is 34.9 Å². The Kier molecular flexibility index (Phi) is 7.19. The molecule has 1 unspecified atom stereocenters. The van der Waals surface area contributed by atoms with Gasteiger partial charge >= 0.3 is 0 Å². The maximum atomic E-state index is 11.4. The van der Waals surface area contributed by atoms with Crippen LogP contribution in [0.1, 0.15) is 25.3 Å². The van der Waals surface area contributed by atoms with Gasteiger partial charge in [0.25, 0.3) is 0 Å². The second-order valence-corrected chi connectivity index (χ2v) is 7.88. The van der Waals surface area contributed by atoms with E-state index in [1.54, 1.807) is 6.92 Å². The summed E-state index contributed by atoms with van der Waals surface area (Å²) in [5.74, 6) is 1.26. The van der Waals surface area contributed by atoms with Crippen LogP contribution in [0.3, 0.4) is 0 Å². The van der Waals surface area contributed by atoms with Crippen LogP contribution >= 0.6 is 23.2 Å². The van der Waals surface area contributed by atoms with Gasteiger partial charge in [0.1, 0.15) is 9.84 Å². The van der Waals surface area contributed by atoms with E-state index in [1.807, 2.05) is 24.3 Å². The van der Waals surface area contributed by atoms with E-state index in [0.717, 1.165) is 23.4 Å². The summed E-state index contributed by atoms with van der Waals surface area (Å²) in [4.78, 5) is 0. The van der Waals surface area contributed by atoms with Crippen LogP contribution in [0.5, 0.6) is 0 Å². The molecular weight excluding hydrogens is 303 g/mol. The summed E-state index contributed by atoms with van der Waals surface area (Å²) >= 11 is 12.1. The fourth-order valence-electron chi connectivity index (χ4n) is 1.94. The highest BCUT2D eigenvalue weighted by molar-refractivity contribution is 7.91. The van der Waals surface area contributed by atoms with Crippen molar-refractivity contribution in [1.29, 1.82) is 0 Å². The summed E-state index contributed by atoms with van der Waals surface area (Å²) in [7, 11) is -2.87. The smallest absolute Gasteiger partial charge is 0.150 e. The molecular formula is C14H20Cl2O2S. The van der Waals surface area contributed by atoms with Crippen LogP contribution in [0.4, 0.5) is 0 Å². The lowest BCUT2D eigenvalue weighted by Crippen LogP contribution is -2.12. The Morgan fingerprint density at radius 2 is 1.95 bits per heavy atom. The predicted molar refractivity (Wildman–Crippen MR) is 82.9 cm³/mol. The predicted octanol–water partition coefficient (Wildman–Crippen LogP) is 3.95. The molecule has 0 spiro atoms. The molecule has 108 valence electrons. The summed E-state index contributed by atoms with van der Waals surface area (Å²) in [5.41, 5.74) is 1.08. The molecule has 2 nitrogen and oxygen atoms in total. The fraction of sp³-hybridized carbons (Fsp3) is 0.571. The first-order valence-electron chi connectivity index (χ1n) is 6.48. The minimum Gasteiger partial charge on any atom is -0.229 e. The zero-order valence-electron chi connectivity index (χ0n) is 11.1. The Balaban J connectivity index is 2.49.